The van der Waals surface area contributed by atoms with Gasteiger partial charge in [-0.15, -0.1) is 0 Å². The van der Waals surface area contributed by atoms with E-state index >= 15 is 0 Å². The Morgan fingerprint density at radius 2 is 1.84 bits per heavy atom. The summed E-state index contributed by atoms with van der Waals surface area (Å²) in [5.74, 6) is 0.845. The van der Waals surface area contributed by atoms with Gasteiger partial charge in [-0.05, 0) is 63.8 Å². The van der Waals surface area contributed by atoms with E-state index in [-0.39, 0.29) is 29.5 Å². The SMILES string of the molecule is COC1CCC(S(C)(=O)=O)CC1NC1CC(NC2CCCC3CCN(C(C)=O)C32)CCN1. The second-order valence-corrected chi connectivity index (χ2v) is 12.8. The van der Waals surface area contributed by atoms with Gasteiger partial charge >= 0.3 is 0 Å². The van der Waals surface area contributed by atoms with Crippen LogP contribution in [-0.4, -0.2) is 87.4 Å². The van der Waals surface area contributed by atoms with E-state index < -0.39 is 9.84 Å². The predicted molar refractivity (Wildman–Crippen MR) is 125 cm³/mol. The molecule has 2 heterocycles. The number of methoxy groups -OCH3 is 1. The van der Waals surface area contributed by atoms with Gasteiger partial charge < -0.3 is 20.3 Å². The van der Waals surface area contributed by atoms with Crippen molar-refractivity contribution >= 4 is 15.7 Å². The van der Waals surface area contributed by atoms with Crippen LogP contribution in [0.4, 0.5) is 0 Å². The lowest BCUT2D eigenvalue weighted by molar-refractivity contribution is -0.131. The Hall–Kier alpha value is -0.740. The highest BCUT2D eigenvalue weighted by atomic mass is 32.2. The molecule has 0 spiro atoms. The van der Waals surface area contributed by atoms with Gasteiger partial charge in [-0.2, -0.15) is 0 Å². The van der Waals surface area contributed by atoms with Crippen LogP contribution in [0.1, 0.15) is 64.7 Å². The standard InChI is InChI=1S/C23H42N4O4S/c1-15(28)27-12-10-16-5-4-6-19(23(16)27)25-17-9-11-24-22(13-17)26-20-14-18(32(3,29)30)7-8-21(20)31-2/h16-26H,4-14H2,1-3H3. The molecule has 4 rings (SSSR count). The molecule has 9 heteroatoms. The predicted octanol–water partition coefficient (Wildman–Crippen LogP) is 1.01. The molecule has 8 nitrogen and oxygen atoms in total. The van der Waals surface area contributed by atoms with Crippen molar-refractivity contribution in [3.05, 3.63) is 0 Å². The van der Waals surface area contributed by atoms with E-state index in [1.54, 1.807) is 14.0 Å². The third-order valence-corrected chi connectivity index (χ3v) is 10.0. The number of fused-ring (bicyclic) bond motifs is 1. The van der Waals surface area contributed by atoms with Crippen molar-refractivity contribution < 1.29 is 17.9 Å². The zero-order valence-corrected chi connectivity index (χ0v) is 20.7. The number of amides is 1. The summed E-state index contributed by atoms with van der Waals surface area (Å²) in [7, 11) is -1.32. The number of carbonyl (C=O) groups excluding carboxylic acids is 1. The van der Waals surface area contributed by atoms with Crippen LogP contribution >= 0.6 is 0 Å². The summed E-state index contributed by atoms with van der Waals surface area (Å²) in [6, 6.07) is 1.14. The van der Waals surface area contributed by atoms with Gasteiger partial charge in [0.15, 0.2) is 0 Å². The Balaban J connectivity index is 1.36. The number of ether oxygens (including phenoxy) is 1. The number of carbonyl (C=O) groups is 1. The average molecular weight is 471 g/mol. The molecule has 2 saturated heterocycles. The van der Waals surface area contributed by atoms with E-state index in [0.29, 0.717) is 36.9 Å². The molecule has 0 bridgehead atoms. The van der Waals surface area contributed by atoms with Crippen LogP contribution in [0.2, 0.25) is 0 Å². The molecule has 0 aromatic carbocycles. The first-order valence-electron chi connectivity index (χ1n) is 12.5. The fourth-order valence-corrected chi connectivity index (χ4v) is 7.89. The Morgan fingerprint density at radius 3 is 2.56 bits per heavy atom. The zero-order chi connectivity index (χ0) is 22.9. The molecule has 2 saturated carbocycles. The lowest BCUT2D eigenvalue weighted by atomic mass is 9.80. The lowest BCUT2D eigenvalue weighted by Crippen LogP contribution is -2.61. The van der Waals surface area contributed by atoms with Crippen LogP contribution < -0.4 is 16.0 Å². The first-order chi connectivity index (χ1) is 15.3. The normalized spacial score (nSPS) is 40.8. The monoisotopic (exact) mass is 470 g/mol. The highest BCUT2D eigenvalue weighted by Gasteiger charge is 2.44. The number of hydrogen-bond acceptors (Lipinski definition) is 7. The van der Waals surface area contributed by atoms with Gasteiger partial charge in [0.1, 0.15) is 9.84 Å². The van der Waals surface area contributed by atoms with Gasteiger partial charge in [-0.1, -0.05) is 6.42 Å². The van der Waals surface area contributed by atoms with Gasteiger partial charge in [-0.25, -0.2) is 8.42 Å². The van der Waals surface area contributed by atoms with Gasteiger partial charge in [0.05, 0.1) is 17.5 Å². The molecule has 2 aliphatic carbocycles. The molecule has 1 amide bonds. The molecule has 184 valence electrons. The molecule has 32 heavy (non-hydrogen) atoms. The van der Waals surface area contributed by atoms with Gasteiger partial charge in [0, 0.05) is 51.0 Å². The van der Waals surface area contributed by atoms with E-state index in [0.717, 1.165) is 45.2 Å². The van der Waals surface area contributed by atoms with Gasteiger partial charge in [0.2, 0.25) is 5.91 Å². The number of likely N-dealkylation sites (tertiary alicyclic amines) is 1. The summed E-state index contributed by atoms with van der Waals surface area (Å²) < 4.78 is 30.0. The van der Waals surface area contributed by atoms with Crippen molar-refractivity contribution in [2.45, 2.75) is 106 Å². The number of nitrogens with one attached hydrogen (secondary N) is 3. The molecule has 0 radical (unpaired) electrons. The Kier molecular flexibility index (Phi) is 7.82. The van der Waals surface area contributed by atoms with Crippen LogP contribution in [0.15, 0.2) is 0 Å². The maximum Gasteiger partial charge on any atom is 0.219 e. The van der Waals surface area contributed by atoms with Crippen molar-refractivity contribution in [1.82, 2.24) is 20.9 Å². The fourth-order valence-electron chi connectivity index (χ4n) is 6.77. The Bertz CT molecular complexity index is 763. The minimum absolute atomic E-state index is 0.0341. The number of rotatable bonds is 6. The largest absolute Gasteiger partial charge is 0.380 e. The van der Waals surface area contributed by atoms with Crippen LogP contribution in [-0.2, 0) is 19.4 Å². The van der Waals surface area contributed by atoms with Crippen molar-refractivity contribution in [2.75, 3.05) is 26.5 Å². The molecule has 2 aliphatic heterocycles. The Labute approximate surface area is 193 Å². The van der Waals surface area contributed by atoms with Gasteiger partial charge in [0.25, 0.3) is 0 Å². The first-order valence-corrected chi connectivity index (χ1v) is 14.5. The number of piperidine rings is 1. The summed E-state index contributed by atoms with van der Waals surface area (Å²) in [4.78, 5) is 14.3. The molecule has 0 aromatic heterocycles. The summed E-state index contributed by atoms with van der Waals surface area (Å²) >= 11 is 0. The van der Waals surface area contributed by atoms with Crippen LogP contribution in [0.5, 0.6) is 0 Å². The van der Waals surface area contributed by atoms with E-state index in [1.165, 1.54) is 19.1 Å². The second kappa shape index (κ2) is 10.3. The lowest BCUT2D eigenvalue weighted by Gasteiger charge is -2.43. The number of nitrogens with zero attached hydrogens (tertiary/aromatic N) is 1. The summed E-state index contributed by atoms with van der Waals surface area (Å²) in [6.45, 7) is 3.53. The van der Waals surface area contributed by atoms with E-state index in [4.69, 9.17) is 4.74 Å². The smallest absolute Gasteiger partial charge is 0.219 e. The molecule has 8 atom stereocenters. The van der Waals surface area contributed by atoms with E-state index in [1.807, 2.05) is 0 Å². The van der Waals surface area contributed by atoms with Crippen LogP contribution in [0, 0.1) is 5.92 Å². The summed E-state index contributed by atoms with van der Waals surface area (Å²) in [5.41, 5.74) is 0. The van der Waals surface area contributed by atoms with Crippen molar-refractivity contribution in [1.29, 1.82) is 0 Å². The highest BCUT2D eigenvalue weighted by Crippen LogP contribution is 2.37. The quantitative estimate of drug-likeness (QED) is 0.533. The minimum atomic E-state index is -3.04. The maximum absolute atomic E-state index is 12.2. The average Bonchev–Trinajstić information content (AvgIpc) is 3.19. The number of sulfone groups is 1. The maximum atomic E-state index is 12.2. The first kappa shape index (κ1) is 24.4. The molecule has 4 fully saturated rings. The number of hydrogen-bond donors (Lipinski definition) is 3. The molecule has 8 unspecified atom stereocenters. The van der Waals surface area contributed by atoms with Crippen LogP contribution in [0.3, 0.4) is 0 Å². The van der Waals surface area contributed by atoms with Crippen molar-refractivity contribution in [3.63, 3.8) is 0 Å². The second-order valence-electron chi connectivity index (χ2n) is 10.5. The zero-order valence-electron chi connectivity index (χ0n) is 19.9. The third kappa shape index (κ3) is 5.49. The summed E-state index contributed by atoms with van der Waals surface area (Å²) in [5, 5.41) is 10.9. The van der Waals surface area contributed by atoms with Gasteiger partial charge in [-0.3, -0.25) is 10.1 Å². The topological polar surface area (TPSA) is 99.8 Å². The molecular formula is C23H42N4O4S. The highest BCUT2D eigenvalue weighted by molar-refractivity contribution is 7.91. The fraction of sp³-hybridized carbons (Fsp3) is 0.957. The van der Waals surface area contributed by atoms with Crippen LogP contribution in [0.25, 0.3) is 0 Å². The molecular weight excluding hydrogens is 428 g/mol. The molecule has 4 aliphatic rings. The molecule has 3 N–H and O–H groups in total. The van der Waals surface area contributed by atoms with Crippen molar-refractivity contribution in [3.8, 4) is 0 Å². The molecule has 0 aromatic rings. The van der Waals surface area contributed by atoms with E-state index in [2.05, 4.69) is 20.9 Å². The summed E-state index contributed by atoms with van der Waals surface area (Å²) in [6.07, 6.45) is 10.4. The minimum Gasteiger partial charge on any atom is -0.380 e. The van der Waals surface area contributed by atoms with E-state index in [9.17, 15) is 13.2 Å². The van der Waals surface area contributed by atoms with Crippen molar-refractivity contribution in [2.24, 2.45) is 5.92 Å². The third-order valence-electron chi connectivity index (χ3n) is 8.41. The Morgan fingerprint density at radius 1 is 1.03 bits per heavy atom.